The average Bonchev–Trinajstić information content (AvgIpc) is 0.794. The van der Waals surface area contributed by atoms with Crippen molar-refractivity contribution >= 4 is 5.91 Å². The first-order valence-electron chi connectivity index (χ1n) is 40.6. The van der Waals surface area contributed by atoms with Gasteiger partial charge >= 0.3 is 0 Å². The van der Waals surface area contributed by atoms with Gasteiger partial charge in [0, 0.05) is 6.42 Å². The highest BCUT2D eigenvalue weighted by Crippen LogP contribution is 2.30. The third-order valence-electron chi connectivity index (χ3n) is 20.1. The van der Waals surface area contributed by atoms with Crippen LogP contribution >= 0.6 is 0 Å². The zero-order valence-corrected chi connectivity index (χ0v) is 61.0. The van der Waals surface area contributed by atoms with Crippen LogP contribution in [0, 0.1) is 0 Å². The third-order valence-corrected chi connectivity index (χ3v) is 20.1. The number of hydrogen-bond donors (Lipinski definition) is 9. The number of carbonyl (C=O) groups is 1. The van der Waals surface area contributed by atoms with Crippen LogP contribution in [0.1, 0.15) is 386 Å². The van der Waals surface area contributed by atoms with Crippen LogP contribution < -0.4 is 5.32 Å². The van der Waals surface area contributed by atoms with Gasteiger partial charge in [-0.2, -0.15) is 0 Å². The minimum Gasteiger partial charge on any atom is -0.394 e. The normalized spacial score (nSPS) is 22.5. The van der Waals surface area contributed by atoms with Crippen LogP contribution in [0.5, 0.6) is 0 Å². The molecule has 0 bridgehead atoms. The van der Waals surface area contributed by atoms with Crippen molar-refractivity contribution in [1.29, 1.82) is 0 Å². The summed E-state index contributed by atoms with van der Waals surface area (Å²) >= 11 is 0. The van der Waals surface area contributed by atoms with E-state index in [4.69, 9.17) is 18.9 Å². The number of unbranched alkanes of at least 4 members (excludes halogenated alkanes) is 54. The summed E-state index contributed by atoms with van der Waals surface area (Å²) < 4.78 is 22.9. The van der Waals surface area contributed by atoms with Gasteiger partial charge in [0.2, 0.25) is 5.91 Å². The lowest BCUT2D eigenvalue weighted by molar-refractivity contribution is -0.359. The number of rotatable bonds is 69. The summed E-state index contributed by atoms with van der Waals surface area (Å²) in [6.45, 7) is 2.86. The van der Waals surface area contributed by atoms with Gasteiger partial charge in [0.15, 0.2) is 12.6 Å². The van der Waals surface area contributed by atoms with Gasteiger partial charge in [-0.15, -0.1) is 0 Å². The Labute approximate surface area is 577 Å². The van der Waals surface area contributed by atoms with E-state index in [1.807, 2.05) is 6.08 Å². The molecule has 12 unspecified atom stereocenters. The van der Waals surface area contributed by atoms with E-state index in [0.717, 1.165) is 32.1 Å². The zero-order valence-electron chi connectivity index (χ0n) is 61.0. The Morgan fingerprint density at radius 2 is 0.681 bits per heavy atom. The van der Waals surface area contributed by atoms with Crippen molar-refractivity contribution in [3.8, 4) is 0 Å². The molecule has 14 nitrogen and oxygen atoms in total. The highest BCUT2D eigenvalue weighted by molar-refractivity contribution is 5.76. The Hall–Kier alpha value is -1.53. The molecule has 0 saturated carbocycles. The summed E-state index contributed by atoms with van der Waals surface area (Å²) in [7, 11) is 0. The second kappa shape index (κ2) is 64.8. The SMILES string of the molecule is CCCCCCCCCCCCCCCCCCCCCCC/C=C/CC/C=C/C(O)C(COC1OC(CO)C(OC2OC(CO)C(O)C(O)C2O)C(O)C1O)NC(=O)CCCCCCCCCCCCCCCCCCCCCCCCCCCCCCCCCCC. The third kappa shape index (κ3) is 47.5. The highest BCUT2D eigenvalue weighted by atomic mass is 16.7. The van der Waals surface area contributed by atoms with E-state index in [9.17, 15) is 45.6 Å². The molecule has 0 aromatic heterocycles. The van der Waals surface area contributed by atoms with Crippen LogP contribution in [-0.4, -0.2) is 140 Å². The maximum atomic E-state index is 13.4. The summed E-state index contributed by atoms with van der Waals surface area (Å²) in [5.74, 6) is -0.240. The second-order valence-electron chi connectivity index (χ2n) is 28.9. The van der Waals surface area contributed by atoms with Crippen LogP contribution in [0.15, 0.2) is 24.3 Å². The van der Waals surface area contributed by atoms with Gasteiger partial charge in [-0.25, -0.2) is 0 Å². The molecule has 14 heteroatoms. The van der Waals surface area contributed by atoms with Gasteiger partial charge in [-0.05, 0) is 32.1 Å². The Morgan fingerprint density at radius 1 is 0.372 bits per heavy atom. The molecule has 2 fully saturated rings. The molecule has 0 radical (unpaired) electrons. The highest BCUT2D eigenvalue weighted by Gasteiger charge is 2.51. The number of amides is 1. The van der Waals surface area contributed by atoms with E-state index in [1.165, 1.54) is 321 Å². The van der Waals surface area contributed by atoms with Gasteiger partial charge in [-0.3, -0.25) is 4.79 Å². The molecule has 2 rings (SSSR count). The lowest BCUT2D eigenvalue weighted by Crippen LogP contribution is -2.65. The van der Waals surface area contributed by atoms with Crippen LogP contribution in [0.3, 0.4) is 0 Å². The van der Waals surface area contributed by atoms with Crippen molar-refractivity contribution in [3.63, 3.8) is 0 Å². The van der Waals surface area contributed by atoms with Crippen molar-refractivity contribution in [2.45, 2.75) is 460 Å². The maximum Gasteiger partial charge on any atom is 0.220 e. The number of ether oxygens (including phenoxy) is 4. The molecular formula is C80H153NO13. The van der Waals surface area contributed by atoms with Crippen LogP contribution in [0.2, 0.25) is 0 Å². The number of aliphatic hydroxyl groups excluding tert-OH is 8. The van der Waals surface area contributed by atoms with E-state index in [1.54, 1.807) is 6.08 Å². The van der Waals surface area contributed by atoms with Crippen molar-refractivity contribution in [1.82, 2.24) is 5.32 Å². The Balaban J connectivity index is 1.62. The predicted molar refractivity (Wildman–Crippen MR) is 388 cm³/mol. The first-order chi connectivity index (χ1) is 46.1. The number of carbonyl (C=O) groups excluding carboxylic acids is 1. The summed E-state index contributed by atoms with van der Waals surface area (Å²) in [4.78, 5) is 13.4. The van der Waals surface area contributed by atoms with Crippen LogP contribution in [0.25, 0.3) is 0 Å². The molecule has 0 aromatic rings. The topological polar surface area (TPSA) is 228 Å². The van der Waals surface area contributed by atoms with E-state index in [2.05, 4.69) is 31.3 Å². The van der Waals surface area contributed by atoms with Crippen molar-refractivity contribution < 1.29 is 64.6 Å². The summed E-state index contributed by atoms with van der Waals surface area (Å²) in [6, 6.07) is -0.930. The first-order valence-corrected chi connectivity index (χ1v) is 40.6. The van der Waals surface area contributed by atoms with Crippen molar-refractivity contribution in [2.75, 3.05) is 19.8 Å². The zero-order chi connectivity index (χ0) is 68.0. The quantitative estimate of drug-likeness (QED) is 0.0204. The molecule has 2 saturated heterocycles. The summed E-state index contributed by atoms with van der Waals surface area (Å²) in [5, 5.41) is 87.6. The van der Waals surface area contributed by atoms with Crippen LogP contribution in [-0.2, 0) is 23.7 Å². The molecule has 9 N–H and O–H groups in total. The van der Waals surface area contributed by atoms with Crippen molar-refractivity contribution in [3.05, 3.63) is 24.3 Å². The maximum absolute atomic E-state index is 13.4. The monoisotopic (exact) mass is 1340 g/mol. The number of allylic oxidation sites excluding steroid dienone is 3. The number of aliphatic hydroxyl groups is 8. The fourth-order valence-electron chi connectivity index (χ4n) is 13.7. The van der Waals surface area contributed by atoms with Gasteiger partial charge in [-0.1, -0.05) is 372 Å². The van der Waals surface area contributed by atoms with Crippen LogP contribution in [0.4, 0.5) is 0 Å². The Kier molecular flexibility index (Phi) is 61.1. The van der Waals surface area contributed by atoms with E-state index in [0.29, 0.717) is 12.8 Å². The molecule has 2 aliphatic heterocycles. The molecule has 94 heavy (non-hydrogen) atoms. The lowest BCUT2D eigenvalue weighted by Gasteiger charge is -2.46. The molecule has 556 valence electrons. The van der Waals surface area contributed by atoms with Gasteiger partial charge in [0.25, 0.3) is 0 Å². The molecule has 0 spiro atoms. The van der Waals surface area contributed by atoms with E-state index >= 15 is 0 Å². The smallest absolute Gasteiger partial charge is 0.220 e. The molecule has 12 atom stereocenters. The fraction of sp³-hybridized carbons (Fsp3) is 0.938. The van der Waals surface area contributed by atoms with E-state index in [-0.39, 0.29) is 18.9 Å². The molecule has 1 amide bonds. The van der Waals surface area contributed by atoms with Gasteiger partial charge < -0.3 is 65.1 Å². The average molecular weight is 1340 g/mol. The van der Waals surface area contributed by atoms with Gasteiger partial charge in [0.1, 0.15) is 48.8 Å². The largest absolute Gasteiger partial charge is 0.394 e. The Bertz CT molecular complexity index is 1670. The molecule has 0 aromatic carbocycles. The number of nitrogens with one attached hydrogen (secondary N) is 1. The van der Waals surface area contributed by atoms with Crippen molar-refractivity contribution in [2.24, 2.45) is 0 Å². The first kappa shape index (κ1) is 88.6. The Morgan fingerprint density at radius 3 is 1.04 bits per heavy atom. The number of hydrogen-bond acceptors (Lipinski definition) is 13. The standard InChI is InChI=1S/C80H153NO13/c1-3-5-7-9-11-13-15-17-19-21-23-25-27-29-31-32-33-34-35-36-38-40-42-44-46-48-50-52-54-56-58-60-62-64-72(85)81-68(67-91-79-77(90)75(88)78(71(66-83)93-79)94-80-76(89)74(87)73(86)70(65-82)92-80)69(84)63-61-59-57-55-53-51-49-47-45-43-41-39-37-30-28-26-24-22-20-18-16-14-12-10-8-6-4-2/h53,55,61,63,68-71,73-80,82-84,86-90H,3-52,54,56-60,62,64-67H2,1-2H3,(H,81,85)/b55-53+,63-61+. The summed E-state index contributed by atoms with van der Waals surface area (Å²) in [6.07, 6.45) is 67.1. The summed E-state index contributed by atoms with van der Waals surface area (Å²) in [5.41, 5.74) is 0. The second-order valence-corrected chi connectivity index (χ2v) is 28.9. The fourth-order valence-corrected chi connectivity index (χ4v) is 13.7. The molecule has 0 aliphatic carbocycles. The molecule has 2 aliphatic rings. The van der Waals surface area contributed by atoms with E-state index < -0.39 is 86.8 Å². The lowest BCUT2D eigenvalue weighted by atomic mass is 9.97. The van der Waals surface area contributed by atoms with Gasteiger partial charge in [0.05, 0.1) is 32.0 Å². The minimum atomic E-state index is -1.79. The minimum absolute atomic E-state index is 0.240. The molecular weight excluding hydrogens is 1180 g/mol. The predicted octanol–water partition coefficient (Wildman–Crippen LogP) is 18.3. The molecule has 2 heterocycles.